The van der Waals surface area contributed by atoms with Crippen LogP contribution in [0.1, 0.15) is 20.3 Å². The van der Waals surface area contributed by atoms with Gasteiger partial charge in [0.25, 0.3) is 5.89 Å². The maximum absolute atomic E-state index is 13.0. The minimum absolute atomic E-state index is 0.284. The summed E-state index contributed by atoms with van der Waals surface area (Å²) in [5.74, 6) is 1.53. The molecule has 1 saturated heterocycles. The van der Waals surface area contributed by atoms with Gasteiger partial charge in [-0.05, 0) is 54.7 Å². The number of rotatable bonds is 4. The molecule has 3 heterocycles. The molecule has 0 radical (unpaired) electrons. The van der Waals surface area contributed by atoms with Gasteiger partial charge in [-0.1, -0.05) is 19.0 Å². The molecule has 1 fully saturated rings. The van der Waals surface area contributed by atoms with Gasteiger partial charge in [0, 0.05) is 36.6 Å². The van der Waals surface area contributed by atoms with Crippen molar-refractivity contribution in [1.29, 1.82) is 0 Å². The van der Waals surface area contributed by atoms with Gasteiger partial charge in [-0.3, -0.25) is 4.98 Å². The first-order chi connectivity index (χ1) is 13.4. The molecule has 1 aliphatic heterocycles. The fourth-order valence-electron chi connectivity index (χ4n) is 3.68. The Balaban J connectivity index is 1.57. The van der Waals surface area contributed by atoms with E-state index in [1.54, 1.807) is 53.1 Å². The molecule has 0 unspecified atom stereocenters. The van der Waals surface area contributed by atoms with Crippen LogP contribution in [0.25, 0.3) is 22.8 Å². The highest BCUT2D eigenvalue weighted by molar-refractivity contribution is 7.89. The van der Waals surface area contributed by atoms with Gasteiger partial charge in [0.05, 0.1) is 4.90 Å². The minimum atomic E-state index is -3.50. The Hall–Kier alpha value is -2.58. The first-order valence-electron chi connectivity index (χ1n) is 9.28. The molecular formula is C20H22N4O3S. The molecule has 0 amide bonds. The summed E-state index contributed by atoms with van der Waals surface area (Å²) in [5, 5.41) is 3.98. The van der Waals surface area contributed by atoms with Crippen LogP contribution >= 0.6 is 0 Å². The third-order valence-corrected chi connectivity index (χ3v) is 6.78. The average Bonchev–Trinajstić information content (AvgIpc) is 3.18. The normalized spacial score (nSPS) is 20.9. The lowest BCUT2D eigenvalue weighted by atomic mass is 9.94. The Morgan fingerprint density at radius 3 is 2.25 bits per heavy atom. The highest BCUT2D eigenvalue weighted by atomic mass is 32.2. The van der Waals surface area contributed by atoms with Crippen molar-refractivity contribution in [3.05, 3.63) is 48.8 Å². The lowest BCUT2D eigenvalue weighted by Gasteiger charge is -2.34. The monoisotopic (exact) mass is 398 g/mol. The first-order valence-corrected chi connectivity index (χ1v) is 10.7. The lowest BCUT2D eigenvalue weighted by Crippen LogP contribution is -2.42. The Morgan fingerprint density at radius 2 is 1.61 bits per heavy atom. The van der Waals surface area contributed by atoms with Crippen molar-refractivity contribution >= 4 is 10.0 Å². The van der Waals surface area contributed by atoms with E-state index >= 15 is 0 Å². The van der Waals surface area contributed by atoms with Crippen molar-refractivity contribution in [3.63, 3.8) is 0 Å². The van der Waals surface area contributed by atoms with Crippen LogP contribution < -0.4 is 0 Å². The Bertz CT molecular complexity index is 1040. The minimum Gasteiger partial charge on any atom is -0.334 e. The molecule has 0 N–H and O–H groups in total. The molecule has 28 heavy (non-hydrogen) atoms. The summed E-state index contributed by atoms with van der Waals surface area (Å²) < 4.78 is 32.9. The summed E-state index contributed by atoms with van der Waals surface area (Å²) in [6, 6.07) is 10.2. The number of piperidine rings is 1. The first kappa shape index (κ1) is 18.8. The molecule has 3 aromatic rings. The topological polar surface area (TPSA) is 89.2 Å². The predicted octanol–water partition coefficient (Wildman–Crippen LogP) is 3.47. The maximum Gasteiger partial charge on any atom is 0.258 e. The summed E-state index contributed by atoms with van der Waals surface area (Å²) in [6.45, 7) is 5.31. The zero-order valence-electron chi connectivity index (χ0n) is 15.8. The Kier molecular flexibility index (Phi) is 4.99. The van der Waals surface area contributed by atoms with E-state index in [1.165, 1.54) is 0 Å². The number of aromatic nitrogens is 3. The summed E-state index contributed by atoms with van der Waals surface area (Å²) >= 11 is 0. The van der Waals surface area contributed by atoms with Crippen LogP contribution in [0.2, 0.25) is 0 Å². The van der Waals surface area contributed by atoms with Crippen molar-refractivity contribution in [1.82, 2.24) is 19.4 Å². The van der Waals surface area contributed by atoms with E-state index in [1.807, 2.05) is 0 Å². The number of pyridine rings is 1. The molecule has 0 spiro atoms. The van der Waals surface area contributed by atoms with Gasteiger partial charge in [0.15, 0.2) is 0 Å². The SMILES string of the molecule is C[C@@H]1C[C@H](C)CN(S(=O)(=O)c2ccc(-c3nc(-c4ccncc4)no3)cc2)C1. The van der Waals surface area contributed by atoms with Crippen molar-refractivity contribution in [2.45, 2.75) is 25.2 Å². The second kappa shape index (κ2) is 7.44. The zero-order chi connectivity index (χ0) is 19.7. The molecule has 146 valence electrons. The highest BCUT2D eigenvalue weighted by Gasteiger charge is 2.31. The van der Waals surface area contributed by atoms with Crippen LogP contribution in [-0.2, 0) is 10.0 Å². The van der Waals surface area contributed by atoms with Gasteiger partial charge >= 0.3 is 0 Å². The Morgan fingerprint density at radius 1 is 0.964 bits per heavy atom. The highest BCUT2D eigenvalue weighted by Crippen LogP contribution is 2.28. The van der Waals surface area contributed by atoms with Crippen LogP contribution in [-0.4, -0.2) is 40.9 Å². The van der Waals surface area contributed by atoms with Crippen molar-refractivity contribution in [2.24, 2.45) is 11.8 Å². The van der Waals surface area contributed by atoms with E-state index < -0.39 is 10.0 Å². The molecular weight excluding hydrogens is 376 g/mol. The summed E-state index contributed by atoms with van der Waals surface area (Å²) in [5.41, 5.74) is 1.48. The fraction of sp³-hybridized carbons (Fsp3) is 0.350. The maximum atomic E-state index is 13.0. The van der Waals surface area contributed by atoms with E-state index in [0.717, 1.165) is 12.0 Å². The molecule has 8 heteroatoms. The van der Waals surface area contributed by atoms with Gasteiger partial charge in [0.2, 0.25) is 15.8 Å². The summed E-state index contributed by atoms with van der Waals surface area (Å²) in [6.07, 6.45) is 4.38. The summed E-state index contributed by atoms with van der Waals surface area (Å²) in [4.78, 5) is 8.64. The molecule has 0 saturated carbocycles. The third kappa shape index (κ3) is 3.70. The average molecular weight is 398 g/mol. The number of hydrogen-bond donors (Lipinski definition) is 0. The van der Waals surface area contributed by atoms with Gasteiger partial charge in [-0.2, -0.15) is 9.29 Å². The fourth-order valence-corrected chi connectivity index (χ4v) is 5.36. The number of sulfonamides is 1. The Labute approximate surface area is 164 Å². The molecule has 0 bridgehead atoms. The van der Waals surface area contributed by atoms with Crippen LogP contribution in [0, 0.1) is 11.8 Å². The van der Waals surface area contributed by atoms with Gasteiger partial charge in [0.1, 0.15) is 0 Å². The van der Waals surface area contributed by atoms with Crippen LogP contribution in [0.3, 0.4) is 0 Å². The number of benzene rings is 1. The largest absolute Gasteiger partial charge is 0.334 e. The van der Waals surface area contributed by atoms with E-state index in [0.29, 0.717) is 42.2 Å². The third-order valence-electron chi connectivity index (χ3n) is 4.94. The van der Waals surface area contributed by atoms with Crippen LogP contribution in [0.15, 0.2) is 58.2 Å². The smallest absolute Gasteiger partial charge is 0.258 e. The predicted molar refractivity (Wildman–Crippen MR) is 105 cm³/mol. The molecule has 0 aliphatic carbocycles. The van der Waals surface area contributed by atoms with Gasteiger partial charge < -0.3 is 4.52 Å². The van der Waals surface area contributed by atoms with Crippen molar-refractivity contribution in [2.75, 3.05) is 13.1 Å². The molecule has 2 aromatic heterocycles. The van der Waals surface area contributed by atoms with E-state index in [2.05, 4.69) is 29.0 Å². The van der Waals surface area contributed by atoms with Crippen LogP contribution in [0.5, 0.6) is 0 Å². The van der Waals surface area contributed by atoms with E-state index in [-0.39, 0.29) is 4.90 Å². The van der Waals surface area contributed by atoms with E-state index in [4.69, 9.17) is 4.52 Å². The summed E-state index contributed by atoms with van der Waals surface area (Å²) in [7, 11) is -3.50. The molecule has 1 aromatic carbocycles. The molecule has 2 atom stereocenters. The number of nitrogens with zero attached hydrogens (tertiary/aromatic N) is 4. The van der Waals surface area contributed by atoms with Gasteiger partial charge in [-0.15, -0.1) is 0 Å². The zero-order valence-corrected chi connectivity index (χ0v) is 16.6. The number of hydrogen-bond acceptors (Lipinski definition) is 6. The molecule has 1 aliphatic rings. The van der Waals surface area contributed by atoms with Crippen molar-refractivity contribution in [3.8, 4) is 22.8 Å². The quantitative estimate of drug-likeness (QED) is 0.669. The van der Waals surface area contributed by atoms with E-state index in [9.17, 15) is 8.42 Å². The molecule has 7 nitrogen and oxygen atoms in total. The second-order valence-corrected chi connectivity index (χ2v) is 9.39. The second-order valence-electron chi connectivity index (χ2n) is 7.45. The lowest BCUT2D eigenvalue weighted by molar-refractivity contribution is 0.222. The standard InChI is InChI=1S/C20H22N4O3S/c1-14-11-15(2)13-24(12-14)28(25,26)18-5-3-17(4-6-18)20-22-19(23-27-20)16-7-9-21-10-8-16/h3-10,14-15H,11-13H2,1-2H3/t14-,15+. The van der Waals surface area contributed by atoms with Gasteiger partial charge in [-0.25, -0.2) is 8.42 Å². The van der Waals surface area contributed by atoms with Crippen molar-refractivity contribution < 1.29 is 12.9 Å². The molecule has 4 rings (SSSR count). The van der Waals surface area contributed by atoms with Crippen LogP contribution in [0.4, 0.5) is 0 Å².